The molecule has 0 spiro atoms. The number of nitrogens with zero attached hydrogens (tertiary/aromatic N) is 1. The molecule has 0 bridgehead atoms. The standard InChI is InChI=1S/C18H15Cl2NO3/c1-11-8-12-4-2-3-5-16(12)21(11)17(22)10-24-18(23)13-6-7-14(19)15(20)9-13/h2-7,9,11H,8,10H2,1H3/t11-/m1/s1. The topological polar surface area (TPSA) is 46.6 Å². The third-order valence-corrected chi connectivity index (χ3v) is 4.70. The first-order chi connectivity index (χ1) is 11.5. The smallest absolute Gasteiger partial charge is 0.338 e. The zero-order chi connectivity index (χ0) is 17.3. The molecular formula is C18H15Cl2NO3. The van der Waals surface area contributed by atoms with E-state index in [0.29, 0.717) is 5.02 Å². The maximum atomic E-state index is 12.5. The van der Waals surface area contributed by atoms with E-state index in [1.165, 1.54) is 18.2 Å². The molecule has 2 aromatic carbocycles. The maximum absolute atomic E-state index is 12.5. The minimum atomic E-state index is -0.609. The van der Waals surface area contributed by atoms with Gasteiger partial charge in [0.15, 0.2) is 6.61 Å². The van der Waals surface area contributed by atoms with Crippen LogP contribution in [0.25, 0.3) is 0 Å². The molecule has 0 unspecified atom stereocenters. The lowest BCUT2D eigenvalue weighted by Gasteiger charge is -2.22. The van der Waals surface area contributed by atoms with Gasteiger partial charge in [0.1, 0.15) is 0 Å². The summed E-state index contributed by atoms with van der Waals surface area (Å²) in [7, 11) is 0. The van der Waals surface area contributed by atoms with Crippen LogP contribution >= 0.6 is 23.2 Å². The number of carbonyl (C=O) groups is 2. The highest BCUT2D eigenvalue weighted by molar-refractivity contribution is 6.42. The zero-order valence-corrected chi connectivity index (χ0v) is 14.5. The van der Waals surface area contributed by atoms with Crippen molar-refractivity contribution in [2.45, 2.75) is 19.4 Å². The molecule has 0 saturated carbocycles. The molecule has 2 aromatic rings. The van der Waals surface area contributed by atoms with E-state index >= 15 is 0 Å². The van der Waals surface area contributed by atoms with Crippen molar-refractivity contribution in [3.05, 3.63) is 63.6 Å². The van der Waals surface area contributed by atoms with Gasteiger partial charge in [0.25, 0.3) is 5.91 Å². The van der Waals surface area contributed by atoms with Crippen LogP contribution < -0.4 is 4.90 Å². The van der Waals surface area contributed by atoms with Crippen LogP contribution in [0.1, 0.15) is 22.8 Å². The molecule has 124 valence electrons. The Kier molecular flexibility index (Phi) is 4.78. The number of benzene rings is 2. The van der Waals surface area contributed by atoms with E-state index in [1.54, 1.807) is 4.90 Å². The zero-order valence-electron chi connectivity index (χ0n) is 13.0. The number of hydrogen-bond acceptors (Lipinski definition) is 3. The minimum absolute atomic E-state index is 0.0404. The molecule has 1 atom stereocenters. The van der Waals surface area contributed by atoms with Gasteiger partial charge in [0.05, 0.1) is 15.6 Å². The second-order valence-corrected chi connectivity index (χ2v) is 6.47. The third kappa shape index (κ3) is 3.25. The van der Waals surface area contributed by atoms with Gasteiger partial charge in [-0.1, -0.05) is 41.4 Å². The Morgan fingerprint density at radius 2 is 1.92 bits per heavy atom. The summed E-state index contributed by atoms with van der Waals surface area (Å²) in [5, 5.41) is 0.617. The number of esters is 1. The molecule has 0 aliphatic carbocycles. The number of hydrogen-bond donors (Lipinski definition) is 0. The number of amides is 1. The fraction of sp³-hybridized carbons (Fsp3) is 0.222. The van der Waals surface area contributed by atoms with Crippen molar-refractivity contribution in [2.24, 2.45) is 0 Å². The van der Waals surface area contributed by atoms with E-state index in [0.717, 1.165) is 17.7 Å². The van der Waals surface area contributed by atoms with Crippen LogP contribution in [0, 0.1) is 0 Å². The van der Waals surface area contributed by atoms with Gasteiger partial charge in [0, 0.05) is 11.7 Å². The first-order valence-electron chi connectivity index (χ1n) is 7.49. The average molecular weight is 364 g/mol. The van der Waals surface area contributed by atoms with Crippen molar-refractivity contribution in [2.75, 3.05) is 11.5 Å². The summed E-state index contributed by atoms with van der Waals surface area (Å²) in [6.07, 6.45) is 0.794. The van der Waals surface area contributed by atoms with Crippen LogP contribution in [0.15, 0.2) is 42.5 Å². The van der Waals surface area contributed by atoms with E-state index in [1.807, 2.05) is 31.2 Å². The molecule has 4 nitrogen and oxygen atoms in total. The predicted octanol–water partition coefficient (Wildman–Crippen LogP) is 4.13. The molecule has 0 aromatic heterocycles. The summed E-state index contributed by atoms with van der Waals surface area (Å²) >= 11 is 11.7. The summed E-state index contributed by atoms with van der Waals surface area (Å²) in [5.74, 6) is -0.858. The number of para-hydroxylation sites is 1. The summed E-state index contributed by atoms with van der Waals surface area (Å²) in [4.78, 5) is 26.2. The number of rotatable bonds is 3. The van der Waals surface area contributed by atoms with E-state index in [2.05, 4.69) is 0 Å². The molecule has 1 aliphatic heterocycles. The van der Waals surface area contributed by atoms with Crippen molar-refractivity contribution < 1.29 is 14.3 Å². The van der Waals surface area contributed by atoms with Crippen molar-refractivity contribution in [3.8, 4) is 0 Å². The van der Waals surface area contributed by atoms with Crippen molar-refractivity contribution >= 4 is 40.8 Å². The van der Waals surface area contributed by atoms with Crippen molar-refractivity contribution in [3.63, 3.8) is 0 Å². The number of ether oxygens (including phenoxy) is 1. The Labute approximate surface area is 149 Å². The predicted molar refractivity (Wildman–Crippen MR) is 93.8 cm³/mol. The van der Waals surface area contributed by atoms with E-state index < -0.39 is 5.97 Å². The molecule has 24 heavy (non-hydrogen) atoms. The highest BCUT2D eigenvalue weighted by atomic mass is 35.5. The van der Waals surface area contributed by atoms with Crippen molar-refractivity contribution in [1.29, 1.82) is 0 Å². The van der Waals surface area contributed by atoms with E-state index in [4.69, 9.17) is 27.9 Å². The van der Waals surface area contributed by atoms with Crippen LogP contribution in [0.5, 0.6) is 0 Å². The normalized spacial score (nSPS) is 16.0. The lowest BCUT2D eigenvalue weighted by Crippen LogP contribution is -2.38. The number of halogens is 2. The highest BCUT2D eigenvalue weighted by Crippen LogP contribution is 2.31. The molecule has 0 radical (unpaired) electrons. The maximum Gasteiger partial charge on any atom is 0.338 e. The van der Waals surface area contributed by atoms with Crippen LogP contribution in [0.3, 0.4) is 0 Å². The van der Waals surface area contributed by atoms with Crippen LogP contribution in [0.2, 0.25) is 10.0 Å². The third-order valence-electron chi connectivity index (χ3n) is 3.96. The van der Waals surface area contributed by atoms with E-state index in [-0.39, 0.29) is 29.1 Å². The molecule has 0 saturated heterocycles. The van der Waals surface area contributed by atoms with Crippen LogP contribution in [-0.2, 0) is 16.0 Å². The van der Waals surface area contributed by atoms with Crippen LogP contribution in [0.4, 0.5) is 5.69 Å². The summed E-state index contributed by atoms with van der Waals surface area (Å²) in [6.45, 7) is 1.65. The molecule has 3 rings (SSSR count). The molecular weight excluding hydrogens is 349 g/mol. The molecule has 1 heterocycles. The second kappa shape index (κ2) is 6.83. The number of fused-ring (bicyclic) bond motifs is 1. The highest BCUT2D eigenvalue weighted by Gasteiger charge is 2.31. The molecule has 0 fully saturated rings. The first kappa shape index (κ1) is 16.8. The average Bonchev–Trinajstić information content (AvgIpc) is 2.90. The van der Waals surface area contributed by atoms with Gasteiger partial charge in [-0.3, -0.25) is 4.79 Å². The SMILES string of the molecule is C[C@@H]1Cc2ccccc2N1C(=O)COC(=O)c1ccc(Cl)c(Cl)c1. The Balaban J connectivity index is 1.67. The monoisotopic (exact) mass is 363 g/mol. The number of carbonyl (C=O) groups excluding carboxylic acids is 2. The van der Waals surface area contributed by atoms with Gasteiger partial charge in [0.2, 0.25) is 0 Å². The largest absolute Gasteiger partial charge is 0.452 e. The minimum Gasteiger partial charge on any atom is -0.452 e. The summed E-state index contributed by atoms with van der Waals surface area (Å²) < 4.78 is 5.13. The molecule has 0 N–H and O–H groups in total. The van der Waals surface area contributed by atoms with Gasteiger partial charge < -0.3 is 9.64 Å². The van der Waals surface area contributed by atoms with Gasteiger partial charge in [-0.05, 0) is 43.2 Å². The van der Waals surface area contributed by atoms with Gasteiger partial charge in [-0.25, -0.2) is 4.79 Å². The summed E-state index contributed by atoms with van der Waals surface area (Å²) in [5.41, 5.74) is 2.25. The van der Waals surface area contributed by atoms with E-state index in [9.17, 15) is 9.59 Å². The second-order valence-electron chi connectivity index (χ2n) is 5.65. The Morgan fingerprint density at radius 3 is 2.67 bits per heavy atom. The lowest BCUT2D eigenvalue weighted by molar-refractivity contribution is -0.122. The quantitative estimate of drug-likeness (QED) is 0.770. The Hall–Kier alpha value is -2.04. The number of anilines is 1. The molecule has 1 aliphatic rings. The summed E-state index contributed by atoms with van der Waals surface area (Å²) in [6, 6.07) is 12.2. The molecule has 6 heteroatoms. The Morgan fingerprint density at radius 1 is 1.17 bits per heavy atom. The van der Waals surface area contributed by atoms with Crippen LogP contribution in [-0.4, -0.2) is 24.5 Å². The first-order valence-corrected chi connectivity index (χ1v) is 8.25. The van der Waals surface area contributed by atoms with Gasteiger partial charge in [-0.15, -0.1) is 0 Å². The van der Waals surface area contributed by atoms with Gasteiger partial charge >= 0.3 is 5.97 Å². The Bertz CT molecular complexity index is 807. The van der Waals surface area contributed by atoms with Crippen molar-refractivity contribution in [1.82, 2.24) is 0 Å². The molecule has 1 amide bonds. The lowest BCUT2D eigenvalue weighted by atomic mass is 10.1. The van der Waals surface area contributed by atoms with Gasteiger partial charge in [-0.2, -0.15) is 0 Å². The fourth-order valence-electron chi connectivity index (χ4n) is 2.85. The fourth-order valence-corrected chi connectivity index (χ4v) is 3.15.